The maximum Gasteiger partial charge on any atom is 0.226 e. The van der Waals surface area contributed by atoms with Crippen molar-refractivity contribution in [3.63, 3.8) is 0 Å². The van der Waals surface area contributed by atoms with Crippen molar-refractivity contribution in [2.45, 2.75) is 13.8 Å². The van der Waals surface area contributed by atoms with Crippen LogP contribution >= 0.6 is 0 Å². The molecule has 0 spiro atoms. The lowest BCUT2D eigenvalue weighted by atomic mass is 10.4. The molecule has 10 heteroatoms. The summed E-state index contributed by atoms with van der Waals surface area (Å²) in [7, 11) is -3.26. The van der Waals surface area contributed by atoms with E-state index in [1.54, 1.807) is 13.1 Å². The molecular weight excluding hydrogens is 294 g/mol. The normalized spacial score (nSPS) is 11.7. The SMILES string of the molecule is CCNc1nc(NCCS(=O)(=O)NCC)c2cn[nH]c2n1. The van der Waals surface area contributed by atoms with Crippen LogP contribution in [-0.2, 0) is 10.0 Å². The molecule has 9 nitrogen and oxygen atoms in total. The van der Waals surface area contributed by atoms with Crippen molar-refractivity contribution < 1.29 is 8.42 Å². The van der Waals surface area contributed by atoms with Crippen LogP contribution in [0.15, 0.2) is 6.20 Å². The predicted octanol–water partition coefficient (Wildman–Crippen LogP) is 0.136. The van der Waals surface area contributed by atoms with Gasteiger partial charge in [0, 0.05) is 19.6 Å². The van der Waals surface area contributed by atoms with Crippen LogP contribution in [0.2, 0.25) is 0 Å². The van der Waals surface area contributed by atoms with Gasteiger partial charge < -0.3 is 10.6 Å². The van der Waals surface area contributed by atoms with Crippen molar-refractivity contribution in [3.8, 4) is 0 Å². The van der Waals surface area contributed by atoms with Gasteiger partial charge in [-0.3, -0.25) is 5.10 Å². The van der Waals surface area contributed by atoms with Gasteiger partial charge >= 0.3 is 0 Å². The third kappa shape index (κ3) is 4.02. The highest BCUT2D eigenvalue weighted by atomic mass is 32.2. The molecule has 0 aliphatic rings. The van der Waals surface area contributed by atoms with E-state index in [9.17, 15) is 8.42 Å². The first-order chi connectivity index (χ1) is 10.1. The Balaban J connectivity index is 2.12. The van der Waals surface area contributed by atoms with E-state index in [-0.39, 0.29) is 12.3 Å². The third-order valence-corrected chi connectivity index (χ3v) is 4.14. The number of sulfonamides is 1. The van der Waals surface area contributed by atoms with Gasteiger partial charge in [-0.25, -0.2) is 13.1 Å². The van der Waals surface area contributed by atoms with E-state index in [0.717, 1.165) is 5.39 Å². The number of nitrogens with one attached hydrogen (secondary N) is 4. The van der Waals surface area contributed by atoms with Crippen LogP contribution in [0.4, 0.5) is 11.8 Å². The van der Waals surface area contributed by atoms with Gasteiger partial charge in [0.1, 0.15) is 5.82 Å². The molecule has 0 amide bonds. The highest BCUT2D eigenvalue weighted by Gasteiger charge is 2.11. The Bertz CT molecular complexity index is 698. The van der Waals surface area contributed by atoms with Crippen molar-refractivity contribution in [2.75, 3.05) is 36.0 Å². The number of rotatable bonds is 8. The first-order valence-corrected chi connectivity index (χ1v) is 8.37. The first-order valence-electron chi connectivity index (χ1n) is 6.72. The summed E-state index contributed by atoms with van der Waals surface area (Å²) in [5.41, 5.74) is 0.595. The summed E-state index contributed by atoms with van der Waals surface area (Å²) in [6.07, 6.45) is 1.60. The fourth-order valence-corrected chi connectivity index (χ4v) is 2.76. The highest BCUT2D eigenvalue weighted by molar-refractivity contribution is 7.89. The molecule has 2 rings (SSSR count). The molecule has 2 aromatic heterocycles. The van der Waals surface area contributed by atoms with Crippen molar-refractivity contribution in [1.29, 1.82) is 0 Å². The molecule has 0 saturated heterocycles. The van der Waals surface area contributed by atoms with Crippen LogP contribution in [0.5, 0.6) is 0 Å². The van der Waals surface area contributed by atoms with Crippen LogP contribution < -0.4 is 15.4 Å². The van der Waals surface area contributed by atoms with E-state index in [4.69, 9.17) is 0 Å². The van der Waals surface area contributed by atoms with Crippen LogP contribution in [0.1, 0.15) is 13.8 Å². The summed E-state index contributed by atoms with van der Waals surface area (Å²) in [5.74, 6) is 0.989. The largest absolute Gasteiger partial charge is 0.368 e. The van der Waals surface area contributed by atoms with E-state index in [0.29, 0.717) is 30.5 Å². The molecule has 0 radical (unpaired) electrons. The minimum absolute atomic E-state index is 0.0271. The van der Waals surface area contributed by atoms with Crippen molar-refractivity contribution in [3.05, 3.63) is 6.20 Å². The number of H-pyrrole nitrogens is 1. The highest BCUT2D eigenvalue weighted by Crippen LogP contribution is 2.19. The van der Waals surface area contributed by atoms with E-state index in [1.165, 1.54) is 0 Å². The lowest BCUT2D eigenvalue weighted by Crippen LogP contribution is -2.29. The van der Waals surface area contributed by atoms with Gasteiger partial charge in [-0.2, -0.15) is 15.1 Å². The van der Waals surface area contributed by atoms with Crippen molar-refractivity contribution in [2.24, 2.45) is 0 Å². The summed E-state index contributed by atoms with van der Waals surface area (Å²) >= 11 is 0. The van der Waals surface area contributed by atoms with Crippen molar-refractivity contribution in [1.82, 2.24) is 24.9 Å². The first kappa shape index (κ1) is 15.4. The average molecular weight is 313 g/mol. The lowest BCUT2D eigenvalue weighted by molar-refractivity contribution is 0.584. The van der Waals surface area contributed by atoms with Gasteiger partial charge in [0.25, 0.3) is 0 Å². The molecule has 0 atom stereocenters. The number of nitrogens with zero attached hydrogens (tertiary/aromatic N) is 3. The number of hydrogen-bond acceptors (Lipinski definition) is 7. The maximum atomic E-state index is 11.6. The summed E-state index contributed by atoms with van der Waals surface area (Å²) in [5, 5.41) is 13.5. The zero-order chi connectivity index (χ0) is 15.3. The summed E-state index contributed by atoms with van der Waals surface area (Å²) in [4.78, 5) is 8.58. The second-order valence-corrected chi connectivity index (χ2v) is 6.23. The third-order valence-electron chi connectivity index (χ3n) is 2.67. The zero-order valence-corrected chi connectivity index (χ0v) is 12.8. The molecule has 0 fully saturated rings. The smallest absolute Gasteiger partial charge is 0.226 e. The maximum absolute atomic E-state index is 11.6. The Labute approximate surface area is 123 Å². The molecule has 0 bridgehead atoms. The predicted molar refractivity (Wildman–Crippen MR) is 81.8 cm³/mol. The molecule has 0 aliphatic carbocycles. The Morgan fingerprint density at radius 3 is 2.71 bits per heavy atom. The number of aromatic amines is 1. The van der Waals surface area contributed by atoms with Crippen LogP contribution in [-0.4, -0.2) is 54.0 Å². The monoisotopic (exact) mass is 313 g/mol. The quantitative estimate of drug-likeness (QED) is 0.546. The second-order valence-electron chi connectivity index (χ2n) is 4.30. The minimum atomic E-state index is -3.26. The van der Waals surface area contributed by atoms with Crippen LogP contribution in [0.25, 0.3) is 11.0 Å². The minimum Gasteiger partial charge on any atom is -0.368 e. The van der Waals surface area contributed by atoms with Gasteiger partial charge in [0.2, 0.25) is 16.0 Å². The van der Waals surface area contributed by atoms with E-state index < -0.39 is 10.0 Å². The molecule has 4 N–H and O–H groups in total. The molecular formula is C11H19N7O2S. The number of aromatic nitrogens is 4. The molecule has 0 aromatic carbocycles. The Hall–Kier alpha value is -1.94. The average Bonchev–Trinajstić information content (AvgIpc) is 2.87. The van der Waals surface area contributed by atoms with E-state index >= 15 is 0 Å². The van der Waals surface area contributed by atoms with E-state index in [1.807, 2.05) is 6.92 Å². The fourth-order valence-electron chi connectivity index (χ4n) is 1.80. The molecule has 0 saturated carbocycles. The van der Waals surface area contributed by atoms with Gasteiger partial charge in [-0.1, -0.05) is 6.92 Å². The van der Waals surface area contributed by atoms with Crippen molar-refractivity contribution >= 4 is 32.8 Å². The lowest BCUT2D eigenvalue weighted by Gasteiger charge is -2.09. The fraction of sp³-hybridized carbons (Fsp3) is 0.545. The standard InChI is InChI=1S/C11H19N7O2S/c1-3-12-11-16-9(8-7-14-18-10(8)17-11)13-5-6-21(19,20)15-4-2/h7,15H,3-6H2,1-2H3,(H3,12,13,14,16,17,18). The number of anilines is 2. The van der Waals surface area contributed by atoms with Gasteiger partial charge in [-0.15, -0.1) is 0 Å². The van der Waals surface area contributed by atoms with E-state index in [2.05, 4.69) is 35.5 Å². The second kappa shape index (κ2) is 6.68. The van der Waals surface area contributed by atoms with Crippen LogP contribution in [0, 0.1) is 0 Å². The molecule has 116 valence electrons. The summed E-state index contributed by atoms with van der Waals surface area (Å²) in [6.45, 7) is 5.00. The Morgan fingerprint density at radius 2 is 2.00 bits per heavy atom. The molecule has 0 aliphatic heterocycles. The number of fused-ring (bicyclic) bond motifs is 1. The van der Waals surface area contributed by atoms with Gasteiger partial charge in [-0.05, 0) is 6.92 Å². The van der Waals surface area contributed by atoms with Gasteiger partial charge in [0.05, 0.1) is 17.3 Å². The molecule has 2 heterocycles. The van der Waals surface area contributed by atoms with Gasteiger partial charge in [0.15, 0.2) is 5.65 Å². The Kier molecular flexibility index (Phi) is 4.91. The number of hydrogen-bond donors (Lipinski definition) is 4. The Morgan fingerprint density at radius 1 is 1.19 bits per heavy atom. The molecule has 2 aromatic rings. The molecule has 21 heavy (non-hydrogen) atoms. The summed E-state index contributed by atoms with van der Waals surface area (Å²) in [6, 6.07) is 0. The zero-order valence-electron chi connectivity index (χ0n) is 12.0. The topological polar surface area (TPSA) is 125 Å². The van der Waals surface area contributed by atoms with Crippen LogP contribution in [0.3, 0.4) is 0 Å². The summed E-state index contributed by atoms with van der Waals surface area (Å²) < 4.78 is 25.6. The molecule has 0 unspecified atom stereocenters.